The molecule has 0 aliphatic rings. The standard InChI is InChI=1S/C15H22N2O2S/c1-4-15(2,13(16)20)14(18)17-12-8-6-5-7-11(12)9-10-19-3/h5-8H,4,9-10H2,1-3H3,(H2,16,20)(H,17,18). The zero-order valence-corrected chi connectivity index (χ0v) is 13.0. The normalized spacial score (nSPS) is 13.6. The van der Waals surface area contributed by atoms with E-state index in [0.29, 0.717) is 13.0 Å². The molecule has 4 nitrogen and oxygen atoms in total. The number of thiocarbonyl (C=S) groups is 1. The van der Waals surface area contributed by atoms with E-state index >= 15 is 0 Å². The Morgan fingerprint density at radius 3 is 2.65 bits per heavy atom. The number of carbonyl (C=O) groups excluding carboxylic acids is 1. The number of rotatable bonds is 7. The molecule has 1 amide bonds. The molecule has 1 unspecified atom stereocenters. The average molecular weight is 294 g/mol. The SMILES string of the molecule is CCC(C)(C(=O)Nc1ccccc1CCOC)C(N)=S. The summed E-state index contributed by atoms with van der Waals surface area (Å²) in [5.41, 5.74) is 6.69. The minimum Gasteiger partial charge on any atom is -0.392 e. The van der Waals surface area contributed by atoms with Crippen molar-refractivity contribution in [2.45, 2.75) is 26.7 Å². The third-order valence-electron chi connectivity index (χ3n) is 3.59. The molecule has 5 heteroatoms. The molecule has 0 bridgehead atoms. The summed E-state index contributed by atoms with van der Waals surface area (Å²) in [5, 5.41) is 2.93. The van der Waals surface area contributed by atoms with Gasteiger partial charge >= 0.3 is 0 Å². The molecule has 110 valence electrons. The summed E-state index contributed by atoms with van der Waals surface area (Å²) in [6.07, 6.45) is 1.30. The zero-order valence-electron chi connectivity index (χ0n) is 12.2. The lowest BCUT2D eigenvalue weighted by molar-refractivity contribution is -0.121. The number of para-hydroxylation sites is 1. The van der Waals surface area contributed by atoms with Gasteiger partial charge in [0.2, 0.25) is 5.91 Å². The van der Waals surface area contributed by atoms with Crippen molar-refractivity contribution in [3.05, 3.63) is 29.8 Å². The van der Waals surface area contributed by atoms with Crippen LogP contribution in [0.15, 0.2) is 24.3 Å². The monoisotopic (exact) mass is 294 g/mol. The molecule has 0 aliphatic carbocycles. The first-order valence-electron chi connectivity index (χ1n) is 6.64. The lowest BCUT2D eigenvalue weighted by Crippen LogP contribution is -2.43. The largest absolute Gasteiger partial charge is 0.392 e. The highest BCUT2D eigenvalue weighted by Crippen LogP contribution is 2.25. The van der Waals surface area contributed by atoms with Crippen LogP contribution in [-0.4, -0.2) is 24.6 Å². The lowest BCUT2D eigenvalue weighted by Gasteiger charge is -2.26. The van der Waals surface area contributed by atoms with Gasteiger partial charge in [-0.05, 0) is 31.4 Å². The Labute approximate surface area is 125 Å². The van der Waals surface area contributed by atoms with E-state index in [0.717, 1.165) is 17.7 Å². The summed E-state index contributed by atoms with van der Waals surface area (Å²) >= 11 is 5.02. The molecule has 1 rings (SSSR count). The van der Waals surface area contributed by atoms with Gasteiger partial charge < -0.3 is 15.8 Å². The van der Waals surface area contributed by atoms with Crippen molar-refractivity contribution in [3.63, 3.8) is 0 Å². The third kappa shape index (κ3) is 3.77. The van der Waals surface area contributed by atoms with E-state index in [1.807, 2.05) is 31.2 Å². The maximum absolute atomic E-state index is 12.4. The second kappa shape index (κ2) is 7.36. The molecule has 1 atom stereocenters. The van der Waals surface area contributed by atoms with Crippen molar-refractivity contribution >= 4 is 28.8 Å². The van der Waals surface area contributed by atoms with E-state index in [-0.39, 0.29) is 10.9 Å². The summed E-state index contributed by atoms with van der Waals surface area (Å²) in [6, 6.07) is 7.67. The van der Waals surface area contributed by atoms with Gasteiger partial charge in [-0.15, -0.1) is 0 Å². The Balaban J connectivity index is 2.93. The number of nitrogens with one attached hydrogen (secondary N) is 1. The predicted molar refractivity (Wildman–Crippen MR) is 85.8 cm³/mol. The van der Waals surface area contributed by atoms with Crippen LogP contribution >= 0.6 is 12.2 Å². The molecule has 0 spiro atoms. The Hall–Kier alpha value is -1.46. The second-order valence-corrected chi connectivity index (χ2v) is 5.34. The summed E-state index contributed by atoms with van der Waals surface area (Å²) in [7, 11) is 1.65. The van der Waals surface area contributed by atoms with Crippen LogP contribution < -0.4 is 11.1 Å². The van der Waals surface area contributed by atoms with Gasteiger partial charge in [0.15, 0.2) is 0 Å². The number of anilines is 1. The molecule has 3 N–H and O–H groups in total. The molecule has 0 saturated heterocycles. The number of ether oxygens (including phenoxy) is 1. The molecule has 0 saturated carbocycles. The van der Waals surface area contributed by atoms with Gasteiger partial charge in [0.05, 0.1) is 17.0 Å². The molecule has 20 heavy (non-hydrogen) atoms. The topological polar surface area (TPSA) is 64.3 Å². The average Bonchev–Trinajstić information content (AvgIpc) is 2.45. The Kier molecular flexibility index (Phi) is 6.10. The number of carbonyl (C=O) groups is 1. The van der Waals surface area contributed by atoms with Crippen molar-refractivity contribution in [2.75, 3.05) is 19.0 Å². The van der Waals surface area contributed by atoms with E-state index < -0.39 is 5.41 Å². The fourth-order valence-corrected chi connectivity index (χ4v) is 2.02. The number of hydrogen-bond acceptors (Lipinski definition) is 3. The van der Waals surface area contributed by atoms with Gasteiger partial charge in [-0.1, -0.05) is 37.3 Å². The first-order valence-corrected chi connectivity index (χ1v) is 7.04. The van der Waals surface area contributed by atoms with E-state index in [9.17, 15) is 4.79 Å². The summed E-state index contributed by atoms with van der Waals surface area (Å²) in [5.74, 6) is -0.169. The molecular formula is C15H22N2O2S. The van der Waals surface area contributed by atoms with Crippen LogP contribution in [0.5, 0.6) is 0 Å². The molecule has 0 aliphatic heterocycles. The number of nitrogens with two attached hydrogens (primary N) is 1. The predicted octanol–water partition coefficient (Wildman–Crippen LogP) is 2.52. The Bertz CT molecular complexity index is 491. The summed E-state index contributed by atoms with van der Waals surface area (Å²) in [4.78, 5) is 12.6. The van der Waals surface area contributed by atoms with E-state index in [4.69, 9.17) is 22.7 Å². The summed E-state index contributed by atoms with van der Waals surface area (Å²) in [6.45, 7) is 4.27. The highest BCUT2D eigenvalue weighted by molar-refractivity contribution is 7.80. The van der Waals surface area contributed by atoms with Crippen molar-refractivity contribution in [1.29, 1.82) is 0 Å². The van der Waals surface area contributed by atoms with Crippen molar-refractivity contribution in [1.82, 2.24) is 0 Å². The minimum absolute atomic E-state index is 0.169. The van der Waals surface area contributed by atoms with Crippen LogP contribution in [0.1, 0.15) is 25.8 Å². The molecule has 0 radical (unpaired) electrons. The highest BCUT2D eigenvalue weighted by atomic mass is 32.1. The molecule has 0 fully saturated rings. The third-order valence-corrected chi connectivity index (χ3v) is 4.04. The van der Waals surface area contributed by atoms with Gasteiger partial charge in [0.1, 0.15) is 0 Å². The Morgan fingerprint density at radius 1 is 1.45 bits per heavy atom. The maximum Gasteiger partial charge on any atom is 0.237 e. The lowest BCUT2D eigenvalue weighted by atomic mass is 9.86. The fourth-order valence-electron chi connectivity index (χ4n) is 1.78. The minimum atomic E-state index is -0.830. The van der Waals surface area contributed by atoms with Gasteiger partial charge in [0, 0.05) is 12.8 Å². The second-order valence-electron chi connectivity index (χ2n) is 4.90. The highest BCUT2D eigenvalue weighted by Gasteiger charge is 2.34. The Morgan fingerprint density at radius 2 is 2.10 bits per heavy atom. The van der Waals surface area contributed by atoms with Crippen LogP contribution in [0.4, 0.5) is 5.69 Å². The molecule has 1 aromatic rings. The first-order chi connectivity index (χ1) is 9.45. The maximum atomic E-state index is 12.4. The van der Waals surface area contributed by atoms with Gasteiger partial charge in [-0.25, -0.2) is 0 Å². The van der Waals surface area contributed by atoms with Crippen LogP contribution in [0, 0.1) is 5.41 Å². The van der Waals surface area contributed by atoms with Crippen molar-refractivity contribution < 1.29 is 9.53 Å². The fraction of sp³-hybridized carbons (Fsp3) is 0.467. The first kappa shape index (κ1) is 16.6. The van der Waals surface area contributed by atoms with Crippen molar-refractivity contribution in [3.8, 4) is 0 Å². The van der Waals surface area contributed by atoms with Crippen LogP contribution in [0.3, 0.4) is 0 Å². The van der Waals surface area contributed by atoms with Crippen LogP contribution in [0.2, 0.25) is 0 Å². The smallest absolute Gasteiger partial charge is 0.237 e. The van der Waals surface area contributed by atoms with Crippen LogP contribution in [-0.2, 0) is 16.0 Å². The van der Waals surface area contributed by atoms with E-state index in [1.54, 1.807) is 14.0 Å². The molecular weight excluding hydrogens is 272 g/mol. The molecule has 1 aromatic carbocycles. The number of amides is 1. The van der Waals surface area contributed by atoms with Gasteiger partial charge in [0.25, 0.3) is 0 Å². The van der Waals surface area contributed by atoms with Crippen molar-refractivity contribution in [2.24, 2.45) is 11.1 Å². The zero-order chi connectivity index (χ0) is 15.2. The number of hydrogen-bond donors (Lipinski definition) is 2. The molecule has 0 heterocycles. The van der Waals surface area contributed by atoms with E-state index in [1.165, 1.54) is 0 Å². The molecule has 0 aromatic heterocycles. The van der Waals surface area contributed by atoms with Gasteiger partial charge in [-0.3, -0.25) is 4.79 Å². The van der Waals surface area contributed by atoms with Gasteiger partial charge in [-0.2, -0.15) is 0 Å². The number of benzene rings is 1. The van der Waals surface area contributed by atoms with E-state index in [2.05, 4.69) is 5.32 Å². The number of methoxy groups -OCH3 is 1. The summed E-state index contributed by atoms with van der Waals surface area (Å²) < 4.78 is 5.08. The van der Waals surface area contributed by atoms with Crippen LogP contribution in [0.25, 0.3) is 0 Å². The quantitative estimate of drug-likeness (QED) is 0.758.